The molecule has 0 unspecified atom stereocenters. The van der Waals surface area contributed by atoms with Crippen LogP contribution in [0.1, 0.15) is 25.0 Å². The number of alkyl halides is 3. The van der Waals surface area contributed by atoms with Crippen LogP contribution in [-0.4, -0.2) is 16.2 Å². The van der Waals surface area contributed by atoms with E-state index < -0.39 is 32.4 Å². The van der Waals surface area contributed by atoms with Crippen LogP contribution in [0.25, 0.3) is 0 Å². The van der Waals surface area contributed by atoms with Gasteiger partial charge in [-0.2, -0.15) is 0 Å². The van der Waals surface area contributed by atoms with Gasteiger partial charge in [0.1, 0.15) is 0 Å². The number of benzene rings is 2. The van der Waals surface area contributed by atoms with E-state index in [2.05, 4.69) is 0 Å². The summed E-state index contributed by atoms with van der Waals surface area (Å²) in [6, 6.07) is 10.8. The number of aryl methyl sites for hydroxylation is 2. The van der Waals surface area contributed by atoms with E-state index in [-0.39, 0.29) is 7.14 Å². The molecule has 0 atom stereocenters. The predicted molar refractivity (Wildman–Crippen MR) is 86.6 cm³/mol. The molecule has 8 heteroatoms. The van der Waals surface area contributed by atoms with Crippen LogP contribution in [0.5, 0.6) is 0 Å². The first-order valence-electron chi connectivity index (χ1n) is 7.57. The van der Waals surface area contributed by atoms with Gasteiger partial charge in [0, 0.05) is 0 Å². The Morgan fingerprint density at radius 3 is 1.44 bits per heavy atom. The standard InChI is InChI=1S/C17H19F3IO3S/c1-3-13-5-9-15(10-6-13)21(20,17(18,19)25(22,23)24)16-11-7-14(4-2)8-12-16/h5-12H,3-4H2,1-2H3,(H,22,23,24)/q-1. The van der Waals surface area contributed by atoms with Crippen molar-refractivity contribution in [2.75, 3.05) is 0 Å². The number of rotatable bonds is 6. The van der Waals surface area contributed by atoms with Gasteiger partial charge in [0.2, 0.25) is 0 Å². The van der Waals surface area contributed by atoms with Crippen LogP contribution in [0.15, 0.2) is 48.5 Å². The van der Waals surface area contributed by atoms with Crippen molar-refractivity contribution in [1.29, 1.82) is 0 Å². The van der Waals surface area contributed by atoms with Crippen molar-refractivity contribution in [3.63, 3.8) is 0 Å². The SMILES string of the molecule is CCc1ccc([I-](F)(c2ccc(CC)cc2)C(F)(F)S(=O)(=O)O)cc1. The van der Waals surface area contributed by atoms with Crippen LogP contribution in [0.4, 0.5) is 11.6 Å². The van der Waals surface area contributed by atoms with Crippen LogP contribution in [-0.2, 0) is 23.0 Å². The third-order valence-electron chi connectivity index (χ3n) is 3.84. The molecule has 0 aliphatic carbocycles. The molecule has 2 aromatic carbocycles. The molecule has 0 amide bonds. The van der Waals surface area contributed by atoms with E-state index in [9.17, 15) is 17.2 Å². The quantitative estimate of drug-likeness (QED) is 0.380. The van der Waals surface area contributed by atoms with Crippen LogP contribution >= 0.6 is 0 Å². The Hall–Kier alpha value is -1.13. The first-order chi connectivity index (χ1) is 11.6. The maximum atomic E-state index is 15.9. The van der Waals surface area contributed by atoms with Crippen LogP contribution in [0, 0.1) is 7.14 Å². The first-order valence-corrected chi connectivity index (χ1v) is 13.1. The van der Waals surface area contributed by atoms with Gasteiger partial charge in [0.15, 0.2) is 0 Å². The summed E-state index contributed by atoms with van der Waals surface area (Å²) in [6.07, 6.45) is 1.26. The molecule has 2 aromatic rings. The average molecular weight is 487 g/mol. The summed E-state index contributed by atoms with van der Waals surface area (Å²) in [4.78, 5) is 0. The number of hydrogen-bond acceptors (Lipinski definition) is 2. The molecule has 0 radical (unpaired) electrons. The number of halogens is 4. The summed E-state index contributed by atoms with van der Waals surface area (Å²) in [5.74, 6) is 0. The molecule has 25 heavy (non-hydrogen) atoms. The number of hydrogen-bond donors (Lipinski definition) is 1. The van der Waals surface area contributed by atoms with E-state index >= 15 is 2.86 Å². The molecule has 0 heterocycles. The summed E-state index contributed by atoms with van der Waals surface area (Å²) in [6.45, 7) is 3.71. The fourth-order valence-electron chi connectivity index (χ4n) is 2.30. The molecule has 140 valence electrons. The fourth-order valence-corrected chi connectivity index (χ4v) is 10.9. The minimum atomic E-state index is -6.17. The summed E-state index contributed by atoms with van der Waals surface area (Å²) in [7, 11) is -5.92. The molecule has 0 saturated carbocycles. The first kappa shape index (κ1) is 20.2. The van der Waals surface area contributed by atoms with Crippen molar-refractivity contribution >= 4 is 10.1 Å². The second-order valence-electron chi connectivity index (χ2n) is 5.38. The third kappa shape index (κ3) is 3.56. The van der Waals surface area contributed by atoms with Gasteiger partial charge in [0.05, 0.1) is 0 Å². The van der Waals surface area contributed by atoms with E-state index in [4.69, 9.17) is 4.55 Å². The topological polar surface area (TPSA) is 54.4 Å². The zero-order valence-corrected chi connectivity index (χ0v) is 16.7. The molecule has 0 aliphatic heterocycles. The van der Waals surface area contributed by atoms with Gasteiger partial charge in [0.25, 0.3) is 0 Å². The summed E-state index contributed by atoms with van der Waals surface area (Å²) in [5.41, 5.74) is 1.62. The van der Waals surface area contributed by atoms with E-state index in [0.717, 1.165) is 11.1 Å². The van der Waals surface area contributed by atoms with E-state index in [1.54, 1.807) is 0 Å². The molecule has 0 aliphatic rings. The minimum absolute atomic E-state index is 0.365. The molecular weight excluding hydrogens is 468 g/mol. The molecule has 0 saturated heterocycles. The van der Waals surface area contributed by atoms with Gasteiger partial charge in [-0.1, -0.05) is 0 Å². The Balaban J connectivity index is 2.73. The van der Waals surface area contributed by atoms with Gasteiger partial charge in [-0.3, -0.25) is 0 Å². The van der Waals surface area contributed by atoms with E-state index in [1.165, 1.54) is 48.5 Å². The molecular formula is C17H19F3IO3S-. The van der Waals surface area contributed by atoms with Crippen molar-refractivity contribution < 1.29 is 43.6 Å². The Bertz CT molecular complexity index is 787. The van der Waals surface area contributed by atoms with Gasteiger partial charge in [-0.25, -0.2) is 0 Å². The van der Waals surface area contributed by atoms with Crippen molar-refractivity contribution in [2.45, 2.75) is 30.0 Å². The van der Waals surface area contributed by atoms with Crippen LogP contribution in [0.2, 0.25) is 0 Å². The van der Waals surface area contributed by atoms with Gasteiger partial charge < -0.3 is 0 Å². The molecule has 0 bridgehead atoms. The summed E-state index contributed by atoms with van der Waals surface area (Å²) >= 11 is -6.17. The molecule has 0 spiro atoms. The van der Waals surface area contributed by atoms with Crippen LogP contribution < -0.4 is 19.0 Å². The maximum absolute atomic E-state index is 15.9. The van der Waals surface area contributed by atoms with Crippen molar-refractivity contribution in [2.24, 2.45) is 0 Å². The summed E-state index contributed by atoms with van der Waals surface area (Å²) in [5, 5.41) is 0. The van der Waals surface area contributed by atoms with Crippen LogP contribution in [0.3, 0.4) is 0 Å². The Morgan fingerprint density at radius 2 is 1.20 bits per heavy atom. The molecule has 2 rings (SSSR count). The van der Waals surface area contributed by atoms with E-state index in [0.29, 0.717) is 12.8 Å². The van der Waals surface area contributed by atoms with Gasteiger partial charge in [-0.05, 0) is 0 Å². The monoisotopic (exact) mass is 487 g/mol. The summed E-state index contributed by atoms with van der Waals surface area (Å²) < 4.78 is 71.1. The zero-order chi connectivity index (χ0) is 18.9. The molecule has 1 N–H and O–H groups in total. The Morgan fingerprint density at radius 1 is 0.880 bits per heavy atom. The van der Waals surface area contributed by atoms with Crippen molar-refractivity contribution in [3.8, 4) is 0 Å². The average Bonchev–Trinajstić information content (AvgIpc) is 2.60. The van der Waals surface area contributed by atoms with Gasteiger partial charge >= 0.3 is 150 Å². The van der Waals surface area contributed by atoms with Gasteiger partial charge in [-0.15, -0.1) is 0 Å². The molecule has 0 fully saturated rings. The van der Waals surface area contributed by atoms with E-state index in [1.807, 2.05) is 13.8 Å². The third-order valence-corrected chi connectivity index (χ3v) is 14.1. The van der Waals surface area contributed by atoms with Crippen molar-refractivity contribution in [3.05, 3.63) is 66.8 Å². The second kappa shape index (κ2) is 7.24. The molecule has 3 nitrogen and oxygen atoms in total. The Labute approximate surface area is 150 Å². The second-order valence-corrected chi connectivity index (χ2v) is 14.3. The Kier molecular flexibility index (Phi) is 5.85. The van der Waals surface area contributed by atoms with Crippen molar-refractivity contribution in [1.82, 2.24) is 0 Å². The zero-order valence-electron chi connectivity index (χ0n) is 13.7. The predicted octanol–water partition coefficient (Wildman–Crippen LogP) is 1.33. The molecule has 0 aromatic heterocycles. The fraction of sp³-hybridized carbons (Fsp3) is 0.294. The normalized spacial score (nSPS) is 13.7.